The summed E-state index contributed by atoms with van der Waals surface area (Å²) in [7, 11) is 1.97. The van der Waals surface area contributed by atoms with E-state index >= 15 is 0 Å². The summed E-state index contributed by atoms with van der Waals surface area (Å²) in [4.78, 5) is 34.6. The molecule has 9 nitrogen and oxygen atoms in total. The lowest BCUT2D eigenvalue weighted by Crippen LogP contribution is -2.35. The molecule has 0 spiro atoms. The average Bonchev–Trinajstić information content (AvgIpc) is 2.72. The third kappa shape index (κ3) is 4.28. The summed E-state index contributed by atoms with van der Waals surface area (Å²) in [6.45, 7) is 0. The van der Waals surface area contributed by atoms with Crippen LogP contribution in [0.25, 0.3) is 0 Å². The number of amides is 3. The molecule has 31 heavy (non-hydrogen) atoms. The van der Waals surface area contributed by atoms with Crippen LogP contribution in [0.5, 0.6) is 11.5 Å². The molecule has 0 aliphatic carbocycles. The van der Waals surface area contributed by atoms with E-state index in [0.29, 0.717) is 0 Å². The van der Waals surface area contributed by atoms with E-state index in [2.05, 4.69) is 0 Å². The van der Waals surface area contributed by atoms with Crippen molar-refractivity contribution in [2.75, 3.05) is 19.5 Å². The van der Waals surface area contributed by atoms with Crippen LogP contribution in [0.4, 0.5) is 38.1 Å². The first-order chi connectivity index (χ1) is 14.5. The number of nitro benzene ring substituents is 1. The van der Waals surface area contributed by atoms with Gasteiger partial charge in [0, 0.05) is 6.07 Å². The highest BCUT2D eigenvalue weighted by Gasteiger charge is 2.32. The number of benzene rings is 2. The van der Waals surface area contributed by atoms with Gasteiger partial charge in [-0.2, -0.15) is 0 Å². The van der Waals surface area contributed by atoms with Crippen molar-refractivity contribution < 1.29 is 45.9 Å². The Balaban J connectivity index is 2.45. The normalized spacial score (nSPS) is 10.5. The Labute approximate surface area is 173 Å². The van der Waals surface area contributed by atoms with E-state index in [9.17, 15) is 41.7 Å². The number of anilines is 1. The first-order valence-corrected chi connectivity index (χ1v) is 8.06. The number of ether oxygens (including phenoxy) is 2. The van der Waals surface area contributed by atoms with Crippen LogP contribution >= 0.6 is 11.6 Å². The summed E-state index contributed by atoms with van der Waals surface area (Å²) >= 11 is 5.83. The van der Waals surface area contributed by atoms with Crippen LogP contribution in [0.2, 0.25) is 5.02 Å². The van der Waals surface area contributed by atoms with E-state index < -0.39 is 79.4 Å². The maximum absolute atomic E-state index is 13.7. The van der Waals surface area contributed by atoms with Crippen molar-refractivity contribution in [2.45, 2.75) is 0 Å². The zero-order chi connectivity index (χ0) is 23.6. The molecular formula is C16H9ClF5N3O6. The van der Waals surface area contributed by atoms with Crippen molar-refractivity contribution in [3.63, 3.8) is 0 Å². The van der Waals surface area contributed by atoms with Gasteiger partial charge in [-0.15, -0.1) is 0 Å². The van der Waals surface area contributed by atoms with E-state index in [1.165, 1.54) is 10.6 Å². The van der Waals surface area contributed by atoms with Gasteiger partial charge in [0.15, 0.2) is 29.0 Å². The highest BCUT2D eigenvalue weighted by Crippen LogP contribution is 2.42. The Morgan fingerprint density at radius 2 is 1.45 bits per heavy atom. The summed E-state index contributed by atoms with van der Waals surface area (Å²) in [6, 6.07) is -0.954. The van der Waals surface area contributed by atoms with E-state index in [1.54, 1.807) is 0 Å². The number of nitrogens with zero attached hydrogens (tertiary/aromatic N) is 1. The minimum atomic E-state index is -2.46. The van der Waals surface area contributed by atoms with Crippen LogP contribution in [-0.4, -0.2) is 31.1 Å². The average molecular weight is 470 g/mol. The number of halogens is 6. The minimum Gasteiger partial charge on any atom is -0.494 e. The molecule has 0 radical (unpaired) electrons. The molecule has 0 aliphatic rings. The summed E-state index contributed by atoms with van der Waals surface area (Å²) < 4.78 is 76.6. The number of rotatable bonds is 5. The van der Waals surface area contributed by atoms with Gasteiger partial charge in [-0.05, 0) is 0 Å². The van der Waals surface area contributed by atoms with Gasteiger partial charge in [0.2, 0.25) is 11.6 Å². The van der Waals surface area contributed by atoms with Gasteiger partial charge in [0.05, 0.1) is 24.2 Å². The van der Waals surface area contributed by atoms with Crippen LogP contribution in [0, 0.1) is 39.2 Å². The number of imide groups is 1. The van der Waals surface area contributed by atoms with Crippen molar-refractivity contribution >= 4 is 34.9 Å². The Hall–Kier alpha value is -3.68. The molecular weight excluding hydrogens is 461 g/mol. The predicted octanol–water partition coefficient (Wildman–Crippen LogP) is 3.92. The molecule has 0 saturated heterocycles. The van der Waals surface area contributed by atoms with Gasteiger partial charge in [-0.3, -0.25) is 20.2 Å². The van der Waals surface area contributed by atoms with Crippen molar-refractivity contribution in [2.24, 2.45) is 0 Å². The molecule has 0 unspecified atom stereocenters. The van der Waals surface area contributed by atoms with Gasteiger partial charge in [-0.1, -0.05) is 11.6 Å². The lowest BCUT2D eigenvalue weighted by molar-refractivity contribution is -0.385. The lowest BCUT2D eigenvalue weighted by atomic mass is 10.1. The third-order valence-corrected chi connectivity index (χ3v) is 3.96. The molecule has 2 aromatic carbocycles. The van der Waals surface area contributed by atoms with Crippen molar-refractivity contribution in [3.05, 3.63) is 55.9 Å². The molecule has 2 rings (SSSR count). The molecule has 0 aromatic heterocycles. The number of nitro groups is 1. The van der Waals surface area contributed by atoms with Crippen molar-refractivity contribution in [1.29, 1.82) is 0 Å². The number of hydrogen-bond donors (Lipinski definition) is 2. The van der Waals surface area contributed by atoms with Crippen LogP contribution < -0.4 is 20.1 Å². The Morgan fingerprint density at radius 3 is 1.90 bits per heavy atom. The Kier molecular flexibility index (Phi) is 6.84. The van der Waals surface area contributed by atoms with E-state index in [-0.39, 0.29) is 0 Å². The van der Waals surface area contributed by atoms with Crippen molar-refractivity contribution in [1.82, 2.24) is 5.32 Å². The second kappa shape index (κ2) is 8.99. The lowest BCUT2D eigenvalue weighted by Gasteiger charge is -2.15. The summed E-state index contributed by atoms with van der Waals surface area (Å²) in [5, 5.41) is 13.5. The molecule has 0 fully saturated rings. The molecule has 0 atom stereocenters. The van der Waals surface area contributed by atoms with Crippen LogP contribution in [0.3, 0.4) is 0 Å². The number of carbonyl (C=O) groups excluding carboxylic acids is 2. The molecule has 0 bridgehead atoms. The first-order valence-electron chi connectivity index (χ1n) is 7.68. The Morgan fingerprint density at radius 1 is 0.968 bits per heavy atom. The monoisotopic (exact) mass is 469 g/mol. The maximum Gasteiger partial charge on any atom is 0.326 e. The summed E-state index contributed by atoms with van der Waals surface area (Å²) in [5.74, 6) is -14.5. The largest absolute Gasteiger partial charge is 0.494 e. The van der Waals surface area contributed by atoms with Gasteiger partial charge in [0.25, 0.3) is 5.91 Å². The SMILES string of the molecule is COc1c(Cl)cc([N+](=O)[O-])c(OC)c1C(=O)NC(=O)Nc1c(F)c(F)c(F)c(F)c1F. The zero-order valence-corrected chi connectivity index (χ0v) is 16.0. The standard InChI is InChI=1S/C16H9ClF5N3O6/c1-30-13-4(17)3-5(25(28)29)14(31-2)6(13)15(26)24-16(27)23-12-10(21)8(19)7(18)9(20)11(12)22/h3H,1-2H3,(H2,23,24,26,27). The summed E-state index contributed by atoms with van der Waals surface area (Å²) in [5.41, 5.74) is -3.28. The first kappa shape index (κ1) is 23.6. The predicted molar refractivity (Wildman–Crippen MR) is 93.9 cm³/mol. The number of nitrogens with one attached hydrogen (secondary N) is 2. The van der Waals surface area contributed by atoms with Gasteiger partial charge < -0.3 is 14.8 Å². The van der Waals surface area contributed by atoms with E-state index in [4.69, 9.17) is 21.1 Å². The quantitative estimate of drug-likeness (QED) is 0.225. The molecule has 0 heterocycles. The number of methoxy groups -OCH3 is 2. The molecule has 2 N–H and O–H groups in total. The molecule has 3 amide bonds. The molecule has 166 valence electrons. The number of urea groups is 1. The third-order valence-electron chi connectivity index (χ3n) is 3.67. The van der Waals surface area contributed by atoms with Gasteiger partial charge in [-0.25, -0.2) is 26.7 Å². The van der Waals surface area contributed by atoms with Crippen LogP contribution in [0.15, 0.2) is 6.07 Å². The molecule has 15 heteroatoms. The molecule has 2 aromatic rings. The number of carbonyl (C=O) groups is 2. The van der Waals surface area contributed by atoms with E-state index in [0.717, 1.165) is 20.3 Å². The highest BCUT2D eigenvalue weighted by molar-refractivity contribution is 6.33. The highest BCUT2D eigenvalue weighted by atomic mass is 35.5. The fourth-order valence-corrected chi connectivity index (χ4v) is 2.65. The number of hydrogen-bond acceptors (Lipinski definition) is 6. The second-order valence-corrected chi connectivity index (χ2v) is 5.84. The Bertz CT molecular complexity index is 1090. The smallest absolute Gasteiger partial charge is 0.326 e. The van der Waals surface area contributed by atoms with E-state index in [1.807, 2.05) is 0 Å². The van der Waals surface area contributed by atoms with Crippen LogP contribution in [-0.2, 0) is 0 Å². The van der Waals surface area contributed by atoms with Crippen molar-refractivity contribution in [3.8, 4) is 11.5 Å². The molecule has 0 aliphatic heterocycles. The topological polar surface area (TPSA) is 120 Å². The van der Waals surface area contributed by atoms with Gasteiger partial charge in [0.1, 0.15) is 11.3 Å². The fourth-order valence-electron chi connectivity index (χ4n) is 2.37. The second-order valence-electron chi connectivity index (χ2n) is 5.43. The maximum atomic E-state index is 13.7. The molecule has 0 saturated carbocycles. The zero-order valence-electron chi connectivity index (χ0n) is 15.2. The fraction of sp³-hybridized carbons (Fsp3) is 0.125. The van der Waals surface area contributed by atoms with Gasteiger partial charge >= 0.3 is 11.7 Å². The minimum absolute atomic E-state index is 0.430. The van der Waals surface area contributed by atoms with Crippen LogP contribution in [0.1, 0.15) is 10.4 Å². The summed E-state index contributed by atoms with van der Waals surface area (Å²) in [6.07, 6.45) is 0.